The van der Waals surface area contributed by atoms with Crippen molar-refractivity contribution in [1.29, 1.82) is 0 Å². The smallest absolute Gasteiger partial charge is 0.224 e. The van der Waals surface area contributed by atoms with Gasteiger partial charge in [0.2, 0.25) is 5.91 Å². The second-order valence-electron chi connectivity index (χ2n) is 5.09. The fraction of sp³-hybridized carbons (Fsp3) is 0.833. The standard InChI is InChI=1S/C12H22N6O2/c1-11(17-5-7-20-8-6-17)9-16(2)12(19)3-4-18-10-13-14-15-18/h10-11H,3-9H2,1-2H3/t11-/m0/s1. The molecule has 0 aromatic carbocycles. The van der Waals surface area contributed by atoms with Crippen molar-refractivity contribution in [2.45, 2.75) is 25.9 Å². The third kappa shape index (κ3) is 4.24. The molecule has 8 nitrogen and oxygen atoms in total. The summed E-state index contributed by atoms with van der Waals surface area (Å²) in [6.45, 7) is 6.83. The Labute approximate surface area is 118 Å². The second-order valence-corrected chi connectivity index (χ2v) is 5.09. The molecule has 1 aromatic heterocycles. The summed E-state index contributed by atoms with van der Waals surface area (Å²) in [5, 5.41) is 10.8. The van der Waals surface area contributed by atoms with E-state index in [4.69, 9.17) is 4.74 Å². The highest BCUT2D eigenvalue weighted by Gasteiger charge is 2.20. The van der Waals surface area contributed by atoms with Gasteiger partial charge >= 0.3 is 0 Å². The van der Waals surface area contributed by atoms with Gasteiger partial charge in [-0.05, 0) is 17.4 Å². The number of nitrogens with zero attached hydrogens (tertiary/aromatic N) is 6. The van der Waals surface area contributed by atoms with Gasteiger partial charge in [-0.2, -0.15) is 0 Å². The van der Waals surface area contributed by atoms with Gasteiger partial charge in [0.1, 0.15) is 6.33 Å². The van der Waals surface area contributed by atoms with Gasteiger partial charge in [-0.15, -0.1) is 5.10 Å². The van der Waals surface area contributed by atoms with Gasteiger partial charge < -0.3 is 9.64 Å². The number of morpholine rings is 1. The van der Waals surface area contributed by atoms with Gasteiger partial charge in [-0.25, -0.2) is 4.68 Å². The third-order valence-electron chi connectivity index (χ3n) is 3.58. The lowest BCUT2D eigenvalue weighted by Crippen LogP contribution is -2.47. The van der Waals surface area contributed by atoms with E-state index < -0.39 is 0 Å². The van der Waals surface area contributed by atoms with Crippen LogP contribution >= 0.6 is 0 Å². The van der Waals surface area contributed by atoms with E-state index in [1.165, 1.54) is 6.33 Å². The van der Waals surface area contributed by atoms with Crippen LogP contribution in [0.25, 0.3) is 0 Å². The molecule has 20 heavy (non-hydrogen) atoms. The molecule has 0 aliphatic carbocycles. The number of carbonyl (C=O) groups excluding carboxylic acids is 1. The number of hydrogen-bond donors (Lipinski definition) is 0. The summed E-state index contributed by atoms with van der Waals surface area (Å²) in [7, 11) is 1.85. The lowest BCUT2D eigenvalue weighted by atomic mass is 10.2. The Morgan fingerprint density at radius 2 is 2.20 bits per heavy atom. The molecule has 112 valence electrons. The maximum absolute atomic E-state index is 12.1. The number of likely N-dealkylation sites (N-methyl/N-ethyl adjacent to an activating group) is 1. The zero-order valence-corrected chi connectivity index (χ0v) is 12.1. The first-order valence-electron chi connectivity index (χ1n) is 6.93. The topological polar surface area (TPSA) is 76.4 Å². The van der Waals surface area contributed by atoms with Crippen LogP contribution in [0.3, 0.4) is 0 Å². The van der Waals surface area contributed by atoms with E-state index in [9.17, 15) is 4.79 Å². The summed E-state index contributed by atoms with van der Waals surface area (Å²) in [4.78, 5) is 16.2. The number of aromatic nitrogens is 4. The average molecular weight is 282 g/mol. The molecule has 1 amide bonds. The number of ether oxygens (including phenoxy) is 1. The molecule has 2 rings (SSSR count). The molecule has 1 atom stereocenters. The Kier molecular flexibility index (Phi) is 5.42. The average Bonchev–Trinajstić information content (AvgIpc) is 2.98. The van der Waals surface area contributed by atoms with Gasteiger partial charge in [-0.3, -0.25) is 9.69 Å². The first-order chi connectivity index (χ1) is 9.66. The molecule has 1 aliphatic rings. The van der Waals surface area contributed by atoms with Crippen molar-refractivity contribution in [2.75, 3.05) is 39.9 Å². The molecule has 0 unspecified atom stereocenters. The largest absolute Gasteiger partial charge is 0.379 e. The van der Waals surface area contributed by atoms with Gasteiger partial charge in [0.15, 0.2) is 0 Å². The molecule has 0 saturated carbocycles. The monoisotopic (exact) mass is 282 g/mol. The highest BCUT2D eigenvalue weighted by Crippen LogP contribution is 2.06. The maximum atomic E-state index is 12.1. The molecule has 2 heterocycles. The van der Waals surface area contributed by atoms with Crippen LogP contribution in [0.4, 0.5) is 0 Å². The minimum atomic E-state index is 0.112. The predicted molar refractivity (Wildman–Crippen MR) is 71.9 cm³/mol. The third-order valence-corrected chi connectivity index (χ3v) is 3.58. The Balaban J connectivity index is 1.72. The normalized spacial score (nSPS) is 17.9. The van der Waals surface area contributed by atoms with E-state index in [2.05, 4.69) is 27.3 Å². The highest BCUT2D eigenvalue weighted by atomic mass is 16.5. The molecular formula is C12H22N6O2. The molecule has 1 fully saturated rings. The second kappa shape index (κ2) is 7.30. The summed E-state index contributed by atoms with van der Waals surface area (Å²) in [5.41, 5.74) is 0. The first kappa shape index (κ1) is 14.9. The van der Waals surface area contributed by atoms with Crippen molar-refractivity contribution in [3.63, 3.8) is 0 Å². The van der Waals surface area contributed by atoms with Crippen molar-refractivity contribution in [1.82, 2.24) is 30.0 Å². The SMILES string of the molecule is C[C@@H](CN(C)C(=O)CCn1cnnn1)N1CCOCC1. The van der Waals surface area contributed by atoms with Crippen molar-refractivity contribution in [2.24, 2.45) is 0 Å². The summed E-state index contributed by atoms with van der Waals surface area (Å²) < 4.78 is 6.91. The lowest BCUT2D eigenvalue weighted by molar-refractivity contribution is -0.131. The Bertz CT molecular complexity index is 404. The minimum absolute atomic E-state index is 0.112. The number of tetrazole rings is 1. The summed E-state index contributed by atoms with van der Waals surface area (Å²) in [6.07, 6.45) is 1.93. The fourth-order valence-corrected chi connectivity index (χ4v) is 2.32. The molecule has 0 bridgehead atoms. The van der Waals surface area contributed by atoms with Crippen molar-refractivity contribution in [3.05, 3.63) is 6.33 Å². The minimum Gasteiger partial charge on any atom is -0.379 e. The maximum Gasteiger partial charge on any atom is 0.224 e. The Morgan fingerprint density at radius 1 is 1.45 bits per heavy atom. The van der Waals surface area contributed by atoms with Crippen LogP contribution in [0.1, 0.15) is 13.3 Å². The van der Waals surface area contributed by atoms with Crippen LogP contribution in [0, 0.1) is 0 Å². The summed E-state index contributed by atoms with van der Waals surface area (Å²) in [6, 6.07) is 0.348. The van der Waals surface area contributed by atoms with Crippen LogP contribution in [-0.2, 0) is 16.1 Å². The van der Waals surface area contributed by atoms with E-state index >= 15 is 0 Å². The van der Waals surface area contributed by atoms with Gasteiger partial charge in [0.05, 0.1) is 19.8 Å². The van der Waals surface area contributed by atoms with Gasteiger partial charge in [0, 0.05) is 39.1 Å². The number of amides is 1. The summed E-state index contributed by atoms with van der Waals surface area (Å²) in [5.74, 6) is 0.112. The van der Waals surface area contributed by atoms with E-state index in [0.29, 0.717) is 19.0 Å². The predicted octanol–water partition coefficient (Wildman–Crippen LogP) is -0.758. The van der Waals surface area contributed by atoms with Crippen LogP contribution < -0.4 is 0 Å². The van der Waals surface area contributed by atoms with E-state index in [0.717, 1.165) is 32.8 Å². The number of hydrogen-bond acceptors (Lipinski definition) is 6. The number of aryl methyl sites for hydroxylation is 1. The molecule has 0 radical (unpaired) electrons. The highest BCUT2D eigenvalue weighted by molar-refractivity contribution is 5.75. The van der Waals surface area contributed by atoms with Crippen LogP contribution in [0.2, 0.25) is 0 Å². The van der Waals surface area contributed by atoms with Crippen LogP contribution in [0.15, 0.2) is 6.33 Å². The Hall–Kier alpha value is -1.54. The Morgan fingerprint density at radius 3 is 2.85 bits per heavy atom. The molecule has 1 saturated heterocycles. The summed E-state index contributed by atoms with van der Waals surface area (Å²) >= 11 is 0. The molecule has 0 spiro atoms. The van der Waals surface area contributed by atoms with E-state index in [1.54, 1.807) is 9.58 Å². The van der Waals surface area contributed by atoms with E-state index in [-0.39, 0.29) is 5.91 Å². The van der Waals surface area contributed by atoms with Gasteiger partial charge in [0.25, 0.3) is 0 Å². The fourth-order valence-electron chi connectivity index (χ4n) is 2.32. The zero-order chi connectivity index (χ0) is 14.4. The van der Waals surface area contributed by atoms with Crippen LogP contribution in [0.5, 0.6) is 0 Å². The van der Waals surface area contributed by atoms with Crippen LogP contribution in [-0.4, -0.2) is 81.9 Å². The quantitative estimate of drug-likeness (QED) is 0.683. The zero-order valence-electron chi connectivity index (χ0n) is 12.1. The molecule has 1 aliphatic heterocycles. The molecule has 8 heteroatoms. The molecule has 1 aromatic rings. The molecule has 0 N–H and O–H groups in total. The van der Waals surface area contributed by atoms with E-state index in [1.807, 2.05) is 7.05 Å². The number of carbonyl (C=O) groups is 1. The van der Waals surface area contributed by atoms with Crippen molar-refractivity contribution >= 4 is 5.91 Å². The number of rotatable bonds is 6. The molecular weight excluding hydrogens is 260 g/mol. The van der Waals surface area contributed by atoms with Crippen molar-refractivity contribution < 1.29 is 9.53 Å². The first-order valence-corrected chi connectivity index (χ1v) is 6.93. The van der Waals surface area contributed by atoms with Gasteiger partial charge in [-0.1, -0.05) is 0 Å². The lowest BCUT2D eigenvalue weighted by Gasteiger charge is -2.34. The van der Waals surface area contributed by atoms with Crippen molar-refractivity contribution in [3.8, 4) is 0 Å².